The molecule has 1 aliphatic heterocycles. The lowest BCUT2D eigenvalue weighted by Crippen LogP contribution is -2.23. The summed E-state index contributed by atoms with van der Waals surface area (Å²) >= 11 is 2.14. The van der Waals surface area contributed by atoms with Crippen LogP contribution in [0.4, 0.5) is 0 Å². The molecule has 1 heterocycles. The van der Waals surface area contributed by atoms with Gasteiger partial charge in [-0.15, -0.1) is 0 Å². The van der Waals surface area contributed by atoms with Crippen molar-refractivity contribution in [3.63, 3.8) is 0 Å². The summed E-state index contributed by atoms with van der Waals surface area (Å²) < 4.78 is 10.0. The van der Waals surface area contributed by atoms with Crippen molar-refractivity contribution in [3.8, 4) is 0 Å². The minimum absolute atomic E-state index is 0.604. The van der Waals surface area contributed by atoms with Crippen LogP contribution in [0.2, 0.25) is 0 Å². The molecule has 0 aromatic rings. The molecule has 3 heteroatoms. The van der Waals surface area contributed by atoms with Gasteiger partial charge < -0.3 is 4.74 Å². The Morgan fingerprint density at radius 1 is 1.45 bits per heavy atom. The highest BCUT2D eigenvalue weighted by Gasteiger charge is 2.55. The standard InChI is InChI=1S/C8H10INO/c9-10-8-4-1-5-6(8)3-11-7(5)2-4/h4-7H,1-3H2. The molecule has 0 amide bonds. The Morgan fingerprint density at radius 3 is 3.18 bits per heavy atom. The fraction of sp³-hybridized carbons (Fsp3) is 0.875. The molecular weight excluding hydrogens is 253 g/mol. The van der Waals surface area contributed by atoms with Crippen LogP contribution in [-0.2, 0) is 4.74 Å². The van der Waals surface area contributed by atoms with E-state index in [0.29, 0.717) is 12.0 Å². The number of nitrogens with zero attached hydrogens (tertiary/aromatic N) is 1. The molecule has 4 unspecified atom stereocenters. The Hall–Kier alpha value is 0.360. The topological polar surface area (TPSA) is 21.6 Å². The molecule has 2 aliphatic carbocycles. The molecule has 0 spiro atoms. The molecule has 2 nitrogen and oxygen atoms in total. The molecule has 3 fully saturated rings. The predicted octanol–water partition coefficient (Wildman–Crippen LogP) is 1.83. The minimum Gasteiger partial charge on any atom is -0.377 e. The van der Waals surface area contributed by atoms with E-state index in [1.54, 1.807) is 0 Å². The van der Waals surface area contributed by atoms with Crippen molar-refractivity contribution in [2.24, 2.45) is 21.0 Å². The SMILES string of the molecule is IN=C1C2CC3OCC1C3C2. The molecule has 4 atom stereocenters. The largest absolute Gasteiger partial charge is 0.377 e. The zero-order chi connectivity index (χ0) is 7.42. The van der Waals surface area contributed by atoms with Crippen molar-refractivity contribution in [1.82, 2.24) is 0 Å². The maximum Gasteiger partial charge on any atom is 0.0830 e. The Balaban J connectivity index is 2.04. The summed E-state index contributed by atoms with van der Waals surface area (Å²) in [5, 5.41) is 0. The Kier molecular flexibility index (Phi) is 1.36. The summed E-state index contributed by atoms with van der Waals surface area (Å²) in [5.74, 6) is 2.33. The number of rotatable bonds is 0. The highest BCUT2D eigenvalue weighted by Crippen LogP contribution is 2.52. The lowest BCUT2D eigenvalue weighted by Gasteiger charge is -2.16. The van der Waals surface area contributed by atoms with Crippen molar-refractivity contribution in [1.29, 1.82) is 0 Å². The molecule has 3 aliphatic rings. The smallest absolute Gasteiger partial charge is 0.0830 e. The number of halogens is 1. The monoisotopic (exact) mass is 263 g/mol. The molecule has 0 N–H and O–H groups in total. The van der Waals surface area contributed by atoms with Crippen LogP contribution in [0, 0.1) is 17.8 Å². The quantitative estimate of drug-likeness (QED) is 0.611. The minimum atomic E-state index is 0.604. The molecule has 0 aromatic carbocycles. The van der Waals surface area contributed by atoms with Crippen LogP contribution < -0.4 is 0 Å². The van der Waals surface area contributed by atoms with E-state index < -0.39 is 0 Å². The number of fused-ring (bicyclic) bond motifs is 1. The van der Waals surface area contributed by atoms with E-state index in [4.69, 9.17) is 4.74 Å². The van der Waals surface area contributed by atoms with Gasteiger partial charge in [-0.1, -0.05) is 0 Å². The van der Waals surface area contributed by atoms with Crippen LogP contribution in [0.5, 0.6) is 0 Å². The van der Waals surface area contributed by atoms with Crippen LogP contribution in [0.1, 0.15) is 12.8 Å². The van der Waals surface area contributed by atoms with Crippen molar-refractivity contribution >= 4 is 28.6 Å². The highest BCUT2D eigenvalue weighted by atomic mass is 127. The third-order valence-corrected chi connectivity index (χ3v) is 4.01. The molecule has 2 saturated carbocycles. The third kappa shape index (κ3) is 0.736. The number of hydrogen-bond acceptors (Lipinski definition) is 2. The van der Waals surface area contributed by atoms with E-state index >= 15 is 0 Å². The van der Waals surface area contributed by atoms with Crippen LogP contribution in [0.3, 0.4) is 0 Å². The zero-order valence-electron chi connectivity index (χ0n) is 6.16. The van der Waals surface area contributed by atoms with Gasteiger partial charge in [0.15, 0.2) is 0 Å². The summed E-state index contributed by atoms with van der Waals surface area (Å²) in [6, 6.07) is 0. The van der Waals surface area contributed by atoms with E-state index in [1.165, 1.54) is 18.6 Å². The van der Waals surface area contributed by atoms with Gasteiger partial charge in [0, 0.05) is 17.5 Å². The molecule has 0 radical (unpaired) electrons. The van der Waals surface area contributed by atoms with Gasteiger partial charge in [0.1, 0.15) is 0 Å². The average Bonchev–Trinajstić information content (AvgIpc) is 2.55. The normalized spacial score (nSPS) is 56.3. The van der Waals surface area contributed by atoms with Crippen molar-refractivity contribution < 1.29 is 4.74 Å². The zero-order valence-corrected chi connectivity index (χ0v) is 8.32. The predicted molar refractivity (Wildman–Crippen MR) is 50.9 cm³/mol. The molecule has 3 rings (SSSR count). The van der Waals surface area contributed by atoms with Gasteiger partial charge in [-0.05, 0) is 18.8 Å². The van der Waals surface area contributed by atoms with Gasteiger partial charge in [0.05, 0.1) is 35.6 Å². The van der Waals surface area contributed by atoms with E-state index in [-0.39, 0.29) is 0 Å². The summed E-state index contributed by atoms with van der Waals surface area (Å²) in [5.41, 5.74) is 1.45. The summed E-state index contributed by atoms with van der Waals surface area (Å²) in [7, 11) is 0. The van der Waals surface area contributed by atoms with Gasteiger partial charge in [0.2, 0.25) is 0 Å². The lowest BCUT2D eigenvalue weighted by molar-refractivity contribution is 0.102. The van der Waals surface area contributed by atoms with Crippen LogP contribution in [0.15, 0.2) is 3.21 Å². The third-order valence-electron chi connectivity index (χ3n) is 3.45. The summed E-state index contributed by atoms with van der Waals surface area (Å²) in [6.45, 7) is 0.952. The fourth-order valence-corrected chi connectivity index (χ4v) is 3.73. The van der Waals surface area contributed by atoms with Crippen molar-refractivity contribution in [2.75, 3.05) is 6.61 Å². The first-order valence-corrected chi connectivity index (χ1v) is 5.17. The van der Waals surface area contributed by atoms with E-state index in [0.717, 1.165) is 18.4 Å². The van der Waals surface area contributed by atoms with Gasteiger partial charge >= 0.3 is 0 Å². The van der Waals surface area contributed by atoms with Crippen molar-refractivity contribution in [2.45, 2.75) is 18.9 Å². The van der Waals surface area contributed by atoms with E-state index in [2.05, 4.69) is 26.1 Å². The first-order chi connectivity index (χ1) is 5.40. The van der Waals surface area contributed by atoms with Gasteiger partial charge in [-0.25, -0.2) is 3.21 Å². The molecule has 1 saturated heterocycles. The molecule has 11 heavy (non-hydrogen) atoms. The maximum atomic E-state index is 5.68. The first-order valence-electron chi connectivity index (χ1n) is 4.20. The van der Waals surface area contributed by atoms with Gasteiger partial charge in [-0.3, -0.25) is 0 Å². The Bertz CT molecular complexity index is 226. The molecule has 0 aromatic heterocycles. The van der Waals surface area contributed by atoms with E-state index in [1.807, 2.05) is 0 Å². The van der Waals surface area contributed by atoms with Crippen molar-refractivity contribution in [3.05, 3.63) is 0 Å². The van der Waals surface area contributed by atoms with E-state index in [9.17, 15) is 0 Å². The molecular formula is C8H10INO. The number of ether oxygens (including phenoxy) is 1. The van der Waals surface area contributed by atoms with Gasteiger partial charge in [0.25, 0.3) is 0 Å². The van der Waals surface area contributed by atoms with Crippen LogP contribution in [-0.4, -0.2) is 18.4 Å². The van der Waals surface area contributed by atoms with Gasteiger partial charge in [-0.2, -0.15) is 0 Å². The first kappa shape index (κ1) is 6.83. The molecule has 2 bridgehead atoms. The number of hydrogen-bond donors (Lipinski definition) is 0. The second kappa shape index (κ2) is 2.19. The summed E-state index contributed by atoms with van der Waals surface area (Å²) in [4.78, 5) is 0. The Morgan fingerprint density at radius 2 is 2.36 bits per heavy atom. The van der Waals surface area contributed by atoms with Crippen LogP contribution >= 0.6 is 22.9 Å². The second-order valence-electron chi connectivity index (χ2n) is 3.82. The summed E-state index contributed by atoms with van der Waals surface area (Å²) in [6.07, 6.45) is 3.21. The average molecular weight is 263 g/mol. The molecule has 60 valence electrons. The lowest BCUT2D eigenvalue weighted by atomic mass is 9.89. The second-order valence-corrected chi connectivity index (χ2v) is 4.30. The van der Waals surface area contributed by atoms with Crippen LogP contribution in [0.25, 0.3) is 0 Å². The fourth-order valence-electron chi connectivity index (χ4n) is 2.98. The highest BCUT2D eigenvalue weighted by molar-refractivity contribution is 14.1. The Labute approximate surface area is 79.9 Å². The maximum absolute atomic E-state index is 5.68.